The van der Waals surface area contributed by atoms with Gasteiger partial charge in [0.05, 0.1) is 12.8 Å². The number of guanidine groups is 1. The molecule has 1 fully saturated rings. The molecule has 0 aromatic rings. The Labute approximate surface area is 152 Å². The lowest BCUT2D eigenvalue weighted by Gasteiger charge is -2.32. The molecule has 6 nitrogen and oxygen atoms in total. The van der Waals surface area contributed by atoms with Crippen molar-refractivity contribution >= 4 is 40.0 Å². The highest BCUT2D eigenvalue weighted by Gasteiger charge is 2.24. The van der Waals surface area contributed by atoms with Gasteiger partial charge < -0.3 is 10.6 Å². The summed E-state index contributed by atoms with van der Waals surface area (Å²) >= 11 is 0. The van der Waals surface area contributed by atoms with Crippen LogP contribution in [0.3, 0.4) is 0 Å². The average molecular weight is 446 g/mol. The minimum absolute atomic E-state index is 0. The van der Waals surface area contributed by atoms with Crippen LogP contribution in [0.1, 0.15) is 40.0 Å². The molecule has 132 valence electrons. The summed E-state index contributed by atoms with van der Waals surface area (Å²) in [5.74, 6) is 2.25. The number of nitrogens with one attached hydrogen (secondary N) is 3. The van der Waals surface area contributed by atoms with E-state index in [1.807, 2.05) is 6.92 Å². The SMILES string of the molecule is CCNC(=NCCNS(C)(=O)=O)NC1CC(C)CC(C)C1.I. The normalized spacial score (nSPS) is 26.2. The molecule has 1 rings (SSSR count). The predicted molar refractivity (Wildman–Crippen MR) is 103 cm³/mol. The highest BCUT2D eigenvalue weighted by Crippen LogP contribution is 2.28. The summed E-state index contributed by atoms with van der Waals surface area (Å²) in [4.78, 5) is 4.43. The third-order valence-electron chi connectivity index (χ3n) is 3.61. The molecule has 2 unspecified atom stereocenters. The van der Waals surface area contributed by atoms with E-state index in [0.717, 1.165) is 43.4 Å². The molecule has 0 aliphatic heterocycles. The van der Waals surface area contributed by atoms with Crippen LogP contribution in [-0.4, -0.2) is 46.3 Å². The molecule has 0 aromatic carbocycles. The third kappa shape index (κ3) is 9.83. The number of hydrogen-bond donors (Lipinski definition) is 3. The van der Waals surface area contributed by atoms with Crippen LogP contribution < -0.4 is 15.4 Å². The van der Waals surface area contributed by atoms with Crippen molar-refractivity contribution in [1.29, 1.82) is 0 Å². The van der Waals surface area contributed by atoms with Gasteiger partial charge in [0.15, 0.2) is 5.96 Å². The number of nitrogens with zero attached hydrogens (tertiary/aromatic N) is 1. The van der Waals surface area contributed by atoms with E-state index >= 15 is 0 Å². The van der Waals surface area contributed by atoms with Crippen molar-refractivity contribution in [2.24, 2.45) is 16.8 Å². The Morgan fingerprint density at radius 1 is 1.18 bits per heavy atom. The molecular formula is C14H31IN4O2S. The van der Waals surface area contributed by atoms with E-state index in [0.29, 0.717) is 19.1 Å². The van der Waals surface area contributed by atoms with Crippen molar-refractivity contribution in [2.45, 2.75) is 46.1 Å². The van der Waals surface area contributed by atoms with Crippen molar-refractivity contribution in [3.8, 4) is 0 Å². The molecule has 1 saturated carbocycles. The predicted octanol–water partition coefficient (Wildman–Crippen LogP) is 1.53. The molecule has 0 heterocycles. The first kappa shape index (κ1) is 21.9. The van der Waals surface area contributed by atoms with Crippen molar-refractivity contribution in [3.63, 3.8) is 0 Å². The summed E-state index contributed by atoms with van der Waals surface area (Å²) in [5.41, 5.74) is 0. The molecule has 1 aliphatic rings. The van der Waals surface area contributed by atoms with Crippen LogP contribution in [0.2, 0.25) is 0 Å². The fraction of sp³-hybridized carbons (Fsp3) is 0.929. The van der Waals surface area contributed by atoms with E-state index in [1.54, 1.807) is 0 Å². The van der Waals surface area contributed by atoms with Crippen LogP contribution in [0.4, 0.5) is 0 Å². The topological polar surface area (TPSA) is 82.6 Å². The molecule has 0 amide bonds. The van der Waals surface area contributed by atoms with Gasteiger partial charge in [-0.1, -0.05) is 13.8 Å². The summed E-state index contributed by atoms with van der Waals surface area (Å²) in [5, 5.41) is 6.70. The quantitative estimate of drug-likeness (QED) is 0.250. The van der Waals surface area contributed by atoms with Gasteiger partial charge in [0.2, 0.25) is 10.0 Å². The van der Waals surface area contributed by atoms with E-state index in [-0.39, 0.29) is 24.0 Å². The zero-order chi connectivity index (χ0) is 15.9. The largest absolute Gasteiger partial charge is 0.357 e. The van der Waals surface area contributed by atoms with Crippen molar-refractivity contribution in [3.05, 3.63) is 0 Å². The van der Waals surface area contributed by atoms with E-state index in [1.165, 1.54) is 6.42 Å². The molecule has 0 aromatic heterocycles. The maximum absolute atomic E-state index is 11.0. The second-order valence-corrected chi connectivity index (χ2v) is 8.02. The molecule has 3 N–H and O–H groups in total. The molecule has 22 heavy (non-hydrogen) atoms. The van der Waals surface area contributed by atoms with Gasteiger partial charge in [-0.3, -0.25) is 4.99 Å². The Hall–Kier alpha value is -0.0900. The Morgan fingerprint density at radius 2 is 1.77 bits per heavy atom. The minimum atomic E-state index is -3.14. The Balaban J connectivity index is 0.00000441. The summed E-state index contributed by atoms with van der Waals surface area (Å²) in [6.45, 7) is 8.17. The van der Waals surface area contributed by atoms with E-state index in [4.69, 9.17) is 0 Å². The second-order valence-electron chi connectivity index (χ2n) is 6.19. The summed E-state index contributed by atoms with van der Waals surface area (Å²) in [6, 6.07) is 0.449. The van der Waals surface area contributed by atoms with E-state index in [2.05, 4.69) is 34.2 Å². The maximum atomic E-state index is 11.0. The van der Waals surface area contributed by atoms with Gasteiger partial charge >= 0.3 is 0 Å². The minimum Gasteiger partial charge on any atom is -0.357 e. The summed E-state index contributed by atoms with van der Waals surface area (Å²) < 4.78 is 24.4. The van der Waals surface area contributed by atoms with Gasteiger partial charge in [0, 0.05) is 19.1 Å². The second kappa shape index (κ2) is 10.6. The van der Waals surface area contributed by atoms with Gasteiger partial charge in [-0.05, 0) is 38.0 Å². The Morgan fingerprint density at radius 3 is 2.27 bits per heavy atom. The van der Waals surface area contributed by atoms with Gasteiger partial charge in [0.25, 0.3) is 0 Å². The maximum Gasteiger partial charge on any atom is 0.208 e. The molecular weight excluding hydrogens is 415 g/mol. The third-order valence-corrected chi connectivity index (χ3v) is 4.34. The Kier molecular flexibility index (Phi) is 10.6. The molecule has 1 aliphatic carbocycles. The van der Waals surface area contributed by atoms with Crippen molar-refractivity contribution in [1.82, 2.24) is 15.4 Å². The van der Waals surface area contributed by atoms with Crippen LogP contribution in [0, 0.1) is 11.8 Å². The lowest BCUT2D eigenvalue weighted by molar-refractivity contribution is 0.255. The van der Waals surface area contributed by atoms with E-state index < -0.39 is 10.0 Å². The van der Waals surface area contributed by atoms with Gasteiger partial charge in [-0.2, -0.15) is 0 Å². The molecule has 0 radical (unpaired) electrons. The van der Waals surface area contributed by atoms with Crippen LogP contribution in [0.25, 0.3) is 0 Å². The summed E-state index contributed by atoms with van der Waals surface area (Å²) in [6.07, 6.45) is 4.78. The summed E-state index contributed by atoms with van der Waals surface area (Å²) in [7, 11) is -3.14. The molecule has 8 heteroatoms. The molecule has 2 atom stereocenters. The van der Waals surface area contributed by atoms with Gasteiger partial charge in [0.1, 0.15) is 0 Å². The van der Waals surface area contributed by atoms with Crippen LogP contribution >= 0.6 is 24.0 Å². The average Bonchev–Trinajstić information content (AvgIpc) is 2.32. The smallest absolute Gasteiger partial charge is 0.208 e. The number of rotatable bonds is 6. The van der Waals surface area contributed by atoms with Gasteiger partial charge in [-0.15, -0.1) is 24.0 Å². The van der Waals surface area contributed by atoms with E-state index in [9.17, 15) is 8.42 Å². The Bertz CT molecular complexity index is 432. The zero-order valence-electron chi connectivity index (χ0n) is 14.1. The van der Waals surface area contributed by atoms with Crippen LogP contribution in [0.15, 0.2) is 4.99 Å². The molecule has 0 saturated heterocycles. The molecule has 0 spiro atoms. The first-order valence-corrected chi connectivity index (χ1v) is 9.68. The number of hydrogen-bond acceptors (Lipinski definition) is 3. The number of sulfonamides is 1. The lowest BCUT2D eigenvalue weighted by atomic mass is 9.80. The standard InChI is InChI=1S/C14H30N4O2S.HI/c1-5-15-14(16-6-7-17-21(4,19)20)18-13-9-11(2)8-12(3)10-13;/h11-13,17H,5-10H2,1-4H3,(H2,15,16,18);1H. The first-order chi connectivity index (χ1) is 9.80. The van der Waals surface area contributed by atoms with Crippen molar-refractivity contribution in [2.75, 3.05) is 25.9 Å². The molecule has 0 bridgehead atoms. The fourth-order valence-electron chi connectivity index (χ4n) is 2.98. The van der Waals surface area contributed by atoms with Crippen LogP contribution in [-0.2, 0) is 10.0 Å². The number of halogens is 1. The number of aliphatic imine (C=N–C) groups is 1. The van der Waals surface area contributed by atoms with Crippen molar-refractivity contribution < 1.29 is 8.42 Å². The zero-order valence-corrected chi connectivity index (χ0v) is 17.2. The van der Waals surface area contributed by atoms with Crippen LogP contribution in [0.5, 0.6) is 0 Å². The van der Waals surface area contributed by atoms with Gasteiger partial charge in [-0.25, -0.2) is 13.1 Å². The first-order valence-electron chi connectivity index (χ1n) is 7.79. The highest BCUT2D eigenvalue weighted by molar-refractivity contribution is 14.0. The highest BCUT2D eigenvalue weighted by atomic mass is 127. The fourth-order valence-corrected chi connectivity index (χ4v) is 3.44. The lowest BCUT2D eigenvalue weighted by Crippen LogP contribution is -2.46. The monoisotopic (exact) mass is 446 g/mol.